The molecular weight excluding hydrogens is 228 g/mol. The van der Waals surface area contributed by atoms with Crippen LogP contribution in [0.4, 0.5) is 4.79 Å². The summed E-state index contributed by atoms with van der Waals surface area (Å²) in [5.41, 5.74) is 2.33. The molecule has 98 valence electrons. The van der Waals surface area contributed by atoms with Crippen LogP contribution in [0.15, 0.2) is 18.2 Å². The Morgan fingerprint density at radius 3 is 2.89 bits per heavy atom. The van der Waals surface area contributed by atoms with Crippen molar-refractivity contribution < 1.29 is 9.53 Å². The van der Waals surface area contributed by atoms with Gasteiger partial charge in [0.25, 0.3) is 0 Å². The highest BCUT2D eigenvalue weighted by atomic mass is 16.5. The van der Waals surface area contributed by atoms with E-state index in [0.29, 0.717) is 12.6 Å². The molecule has 0 bridgehead atoms. The van der Waals surface area contributed by atoms with Gasteiger partial charge in [0.1, 0.15) is 5.75 Å². The fourth-order valence-electron chi connectivity index (χ4n) is 1.88. The van der Waals surface area contributed by atoms with E-state index in [4.69, 9.17) is 4.74 Å². The van der Waals surface area contributed by atoms with E-state index in [9.17, 15) is 4.79 Å². The summed E-state index contributed by atoms with van der Waals surface area (Å²) in [5.74, 6) is 0.880. The van der Waals surface area contributed by atoms with E-state index in [1.54, 1.807) is 7.11 Å². The quantitative estimate of drug-likeness (QED) is 0.837. The van der Waals surface area contributed by atoms with Crippen LogP contribution in [0.25, 0.3) is 0 Å². The van der Waals surface area contributed by atoms with Gasteiger partial charge in [-0.1, -0.05) is 17.7 Å². The number of hydrogen-bond donors (Lipinski definition) is 2. The molecule has 0 saturated heterocycles. The summed E-state index contributed by atoms with van der Waals surface area (Å²) in [6, 6.07) is 6.42. The van der Waals surface area contributed by atoms with Crippen LogP contribution in [-0.4, -0.2) is 25.7 Å². The van der Waals surface area contributed by atoms with Crippen molar-refractivity contribution in [2.45, 2.75) is 32.2 Å². The molecule has 1 aromatic carbocycles. The maximum absolute atomic E-state index is 11.5. The first kappa shape index (κ1) is 12.7. The molecule has 0 atom stereocenters. The summed E-state index contributed by atoms with van der Waals surface area (Å²) in [6.45, 7) is 2.68. The molecular formula is C14H20N2O2. The third kappa shape index (κ3) is 3.65. The van der Waals surface area contributed by atoms with Gasteiger partial charge in [0.2, 0.25) is 0 Å². The second-order valence-corrected chi connectivity index (χ2v) is 4.74. The Hall–Kier alpha value is -1.71. The third-order valence-corrected chi connectivity index (χ3v) is 3.03. The molecule has 0 aliphatic heterocycles. The van der Waals surface area contributed by atoms with Crippen molar-refractivity contribution in [2.75, 3.05) is 13.7 Å². The zero-order valence-corrected chi connectivity index (χ0v) is 11.0. The third-order valence-electron chi connectivity index (χ3n) is 3.03. The van der Waals surface area contributed by atoms with E-state index in [1.807, 2.05) is 12.1 Å². The van der Waals surface area contributed by atoms with Crippen LogP contribution in [0, 0.1) is 6.92 Å². The average Bonchev–Trinajstić information content (AvgIpc) is 3.13. The highest BCUT2D eigenvalue weighted by molar-refractivity contribution is 5.74. The number of rotatable bonds is 5. The Balaban J connectivity index is 1.81. The molecule has 0 aromatic heterocycles. The maximum Gasteiger partial charge on any atom is 0.315 e. The van der Waals surface area contributed by atoms with Crippen LogP contribution in [0.2, 0.25) is 0 Å². The van der Waals surface area contributed by atoms with Gasteiger partial charge < -0.3 is 15.4 Å². The average molecular weight is 248 g/mol. The fraction of sp³-hybridized carbons (Fsp3) is 0.500. The van der Waals surface area contributed by atoms with Crippen LogP contribution in [0.5, 0.6) is 5.75 Å². The first-order chi connectivity index (χ1) is 8.69. The molecule has 18 heavy (non-hydrogen) atoms. The highest BCUT2D eigenvalue weighted by Crippen LogP contribution is 2.20. The van der Waals surface area contributed by atoms with Crippen LogP contribution in [0.3, 0.4) is 0 Å². The summed E-state index contributed by atoms with van der Waals surface area (Å²) in [7, 11) is 1.67. The summed E-state index contributed by atoms with van der Waals surface area (Å²) >= 11 is 0. The lowest BCUT2D eigenvalue weighted by molar-refractivity contribution is 0.240. The smallest absolute Gasteiger partial charge is 0.315 e. The normalized spacial score (nSPS) is 14.1. The van der Waals surface area contributed by atoms with E-state index in [0.717, 1.165) is 30.6 Å². The van der Waals surface area contributed by atoms with Crippen LogP contribution < -0.4 is 15.4 Å². The number of hydrogen-bond acceptors (Lipinski definition) is 2. The van der Waals surface area contributed by atoms with Gasteiger partial charge >= 0.3 is 6.03 Å². The lowest BCUT2D eigenvalue weighted by Gasteiger charge is -2.10. The van der Waals surface area contributed by atoms with E-state index < -0.39 is 0 Å². The van der Waals surface area contributed by atoms with E-state index >= 15 is 0 Å². The predicted octanol–water partition coefficient (Wildman–Crippen LogP) is 2.01. The molecule has 1 aromatic rings. The summed E-state index contributed by atoms with van der Waals surface area (Å²) in [6.07, 6.45) is 3.00. The van der Waals surface area contributed by atoms with Crippen molar-refractivity contribution in [3.05, 3.63) is 29.3 Å². The van der Waals surface area contributed by atoms with Gasteiger partial charge in [-0.25, -0.2) is 4.79 Å². The summed E-state index contributed by atoms with van der Waals surface area (Å²) in [4.78, 5) is 11.5. The second kappa shape index (κ2) is 5.76. The number of urea groups is 1. The summed E-state index contributed by atoms with van der Waals surface area (Å²) < 4.78 is 5.30. The fourth-order valence-corrected chi connectivity index (χ4v) is 1.88. The molecule has 2 N–H and O–H groups in total. The Kier molecular flexibility index (Phi) is 4.07. The minimum Gasteiger partial charge on any atom is -0.496 e. The number of methoxy groups -OCH3 is 1. The zero-order valence-electron chi connectivity index (χ0n) is 11.0. The minimum atomic E-state index is -0.0656. The van der Waals surface area contributed by atoms with E-state index in [-0.39, 0.29) is 6.03 Å². The molecule has 1 aliphatic carbocycles. The topological polar surface area (TPSA) is 50.4 Å². The van der Waals surface area contributed by atoms with Crippen LogP contribution in [0.1, 0.15) is 24.0 Å². The first-order valence-electron chi connectivity index (χ1n) is 6.37. The molecule has 1 aliphatic rings. The van der Waals surface area contributed by atoms with Crippen molar-refractivity contribution in [2.24, 2.45) is 0 Å². The molecule has 2 amide bonds. The molecule has 1 fully saturated rings. The van der Waals surface area contributed by atoms with Gasteiger partial charge in [-0.05, 0) is 37.8 Å². The van der Waals surface area contributed by atoms with Gasteiger partial charge in [0, 0.05) is 12.6 Å². The van der Waals surface area contributed by atoms with Crippen molar-refractivity contribution in [3.8, 4) is 5.75 Å². The van der Waals surface area contributed by atoms with E-state index in [1.165, 1.54) is 5.56 Å². The monoisotopic (exact) mass is 248 g/mol. The predicted molar refractivity (Wildman–Crippen MR) is 71.0 cm³/mol. The largest absolute Gasteiger partial charge is 0.496 e. The van der Waals surface area contributed by atoms with Crippen molar-refractivity contribution in [1.82, 2.24) is 10.6 Å². The lowest BCUT2D eigenvalue weighted by atomic mass is 10.1. The molecule has 0 unspecified atom stereocenters. The maximum atomic E-state index is 11.5. The molecule has 1 saturated carbocycles. The highest BCUT2D eigenvalue weighted by Gasteiger charge is 2.22. The van der Waals surface area contributed by atoms with Gasteiger partial charge in [-0.15, -0.1) is 0 Å². The molecule has 4 nitrogen and oxygen atoms in total. The van der Waals surface area contributed by atoms with Crippen molar-refractivity contribution >= 4 is 6.03 Å². The van der Waals surface area contributed by atoms with Gasteiger partial charge in [-0.3, -0.25) is 0 Å². The van der Waals surface area contributed by atoms with Gasteiger partial charge in [0.05, 0.1) is 7.11 Å². The number of carbonyl (C=O) groups is 1. The van der Waals surface area contributed by atoms with Gasteiger partial charge in [-0.2, -0.15) is 0 Å². The van der Waals surface area contributed by atoms with E-state index in [2.05, 4.69) is 23.6 Å². The van der Waals surface area contributed by atoms with Crippen LogP contribution in [-0.2, 0) is 6.42 Å². The zero-order chi connectivity index (χ0) is 13.0. The Labute approximate surface area is 108 Å². The molecule has 0 heterocycles. The first-order valence-corrected chi connectivity index (χ1v) is 6.37. The van der Waals surface area contributed by atoms with Crippen molar-refractivity contribution in [1.29, 1.82) is 0 Å². The number of amides is 2. The standard InChI is InChI=1S/C14H20N2O2/c1-10-3-6-13(18-2)11(9-10)7-8-15-14(17)16-12-4-5-12/h3,6,9,12H,4-5,7-8H2,1-2H3,(H2,15,16,17). The second-order valence-electron chi connectivity index (χ2n) is 4.74. The number of aryl methyl sites for hydroxylation is 1. The number of nitrogens with one attached hydrogen (secondary N) is 2. The Morgan fingerprint density at radius 2 is 2.22 bits per heavy atom. The lowest BCUT2D eigenvalue weighted by Crippen LogP contribution is -2.37. The SMILES string of the molecule is COc1ccc(C)cc1CCNC(=O)NC1CC1. The summed E-state index contributed by atoms with van der Waals surface area (Å²) in [5, 5.41) is 5.77. The van der Waals surface area contributed by atoms with Crippen molar-refractivity contribution in [3.63, 3.8) is 0 Å². The van der Waals surface area contributed by atoms with Gasteiger partial charge in [0.15, 0.2) is 0 Å². The minimum absolute atomic E-state index is 0.0656. The number of benzene rings is 1. The molecule has 4 heteroatoms. The van der Waals surface area contributed by atoms with Crippen LogP contribution >= 0.6 is 0 Å². The molecule has 2 rings (SSSR count). The Morgan fingerprint density at radius 1 is 1.44 bits per heavy atom. The number of carbonyl (C=O) groups excluding carboxylic acids is 1. The number of ether oxygens (including phenoxy) is 1. The molecule has 0 radical (unpaired) electrons. The molecule has 0 spiro atoms. The Bertz CT molecular complexity index is 428.